The zero-order chi connectivity index (χ0) is 15.4. The highest BCUT2D eigenvalue weighted by molar-refractivity contribution is 5.49. The van der Waals surface area contributed by atoms with Gasteiger partial charge in [-0.15, -0.1) is 0 Å². The van der Waals surface area contributed by atoms with Crippen LogP contribution >= 0.6 is 0 Å². The summed E-state index contributed by atoms with van der Waals surface area (Å²) in [5.41, 5.74) is 5.27. The summed E-state index contributed by atoms with van der Waals surface area (Å²) in [5.74, 6) is 0.713. The molecule has 0 aliphatic carbocycles. The van der Waals surface area contributed by atoms with Gasteiger partial charge in [-0.1, -0.05) is 0 Å². The van der Waals surface area contributed by atoms with E-state index in [0.717, 1.165) is 6.07 Å². The second-order valence-electron chi connectivity index (χ2n) is 4.34. The number of imidazole rings is 1. The zero-order valence-corrected chi connectivity index (χ0v) is 11.0. The highest BCUT2D eigenvalue weighted by Gasteiger charge is 2.20. The van der Waals surface area contributed by atoms with Crippen LogP contribution in [0.15, 0.2) is 30.6 Å². The van der Waals surface area contributed by atoms with E-state index in [4.69, 9.17) is 5.73 Å². The zero-order valence-electron chi connectivity index (χ0n) is 11.0. The quantitative estimate of drug-likeness (QED) is 0.629. The normalized spacial score (nSPS) is 10.5. The highest BCUT2D eigenvalue weighted by Crippen LogP contribution is 2.25. The van der Waals surface area contributed by atoms with Crippen LogP contribution in [0.3, 0.4) is 0 Å². The molecule has 21 heavy (non-hydrogen) atoms. The molecule has 0 bridgehead atoms. The standard InChI is InChI=1S/C12H13N5O4/c13-4-3-12-14-5-6-15(12)8-9-1-2-10(16(18)19)7-11(9)17(20)21/h1-2,5-7H,3-4,8,13H2. The number of nitrogens with zero attached hydrogens (tertiary/aromatic N) is 4. The Balaban J connectivity index is 2.37. The summed E-state index contributed by atoms with van der Waals surface area (Å²) in [4.78, 5) is 24.6. The van der Waals surface area contributed by atoms with Crippen LogP contribution in [0.5, 0.6) is 0 Å². The van der Waals surface area contributed by atoms with Gasteiger partial charge in [0.05, 0.1) is 28.0 Å². The van der Waals surface area contributed by atoms with Gasteiger partial charge < -0.3 is 10.3 Å². The second kappa shape index (κ2) is 6.09. The van der Waals surface area contributed by atoms with Crippen LogP contribution < -0.4 is 5.73 Å². The Bertz CT molecular complexity index is 682. The van der Waals surface area contributed by atoms with Crippen molar-refractivity contribution in [2.45, 2.75) is 13.0 Å². The van der Waals surface area contributed by atoms with E-state index in [1.807, 2.05) is 0 Å². The number of aromatic nitrogens is 2. The van der Waals surface area contributed by atoms with Gasteiger partial charge in [0.15, 0.2) is 0 Å². The van der Waals surface area contributed by atoms with Gasteiger partial charge >= 0.3 is 0 Å². The molecular formula is C12H13N5O4. The van der Waals surface area contributed by atoms with Crippen molar-refractivity contribution in [1.29, 1.82) is 0 Å². The number of nitro benzene ring substituents is 2. The molecule has 2 N–H and O–H groups in total. The van der Waals surface area contributed by atoms with Crippen molar-refractivity contribution in [3.8, 4) is 0 Å². The molecule has 2 aromatic rings. The first kappa shape index (κ1) is 14.6. The molecule has 0 atom stereocenters. The summed E-state index contributed by atoms with van der Waals surface area (Å²) < 4.78 is 1.74. The van der Waals surface area contributed by atoms with Crippen LogP contribution in [-0.4, -0.2) is 25.9 Å². The predicted octanol–water partition coefficient (Wildman–Crippen LogP) is 1.25. The molecule has 9 nitrogen and oxygen atoms in total. The van der Waals surface area contributed by atoms with Gasteiger partial charge in [-0.25, -0.2) is 4.98 Å². The molecule has 0 amide bonds. The van der Waals surface area contributed by atoms with Crippen molar-refractivity contribution in [3.05, 3.63) is 62.2 Å². The minimum Gasteiger partial charge on any atom is -0.330 e. The topological polar surface area (TPSA) is 130 Å². The van der Waals surface area contributed by atoms with Gasteiger partial charge in [0.1, 0.15) is 5.82 Å². The number of benzene rings is 1. The molecule has 0 unspecified atom stereocenters. The smallest absolute Gasteiger partial charge is 0.281 e. The molecule has 9 heteroatoms. The fraction of sp³-hybridized carbons (Fsp3) is 0.250. The molecule has 0 saturated carbocycles. The molecule has 1 aromatic heterocycles. The third kappa shape index (κ3) is 3.20. The number of non-ortho nitro benzene ring substituents is 1. The van der Waals surface area contributed by atoms with Crippen molar-refractivity contribution in [1.82, 2.24) is 9.55 Å². The third-order valence-corrected chi connectivity index (χ3v) is 2.99. The van der Waals surface area contributed by atoms with E-state index >= 15 is 0 Å². The largest absolute Gasteiger partial charge is 0.330 e. The molecule has 0 fully saturated rings. The number of hydrogen-bond acceptors (Lipinski definition) is 6. The van der Waals surface area contributed by atoms with Crippen molar-refractivity contribution >= 4 is 11.4 Å². The van der Waals surface area contributed by atoms with E-state index in [2.05, 4.69) is 4.98 Å². The molecule has 0 aliphatic rings. The maximum Gasteiger partial charge on any atom is 0.281 e. The summed E-state index contributed by atoms with van der Waals surface area (Å²) in [6, 6.07) is 3.61. The molecular weight excluding hydrogens is 278 g/mol. The number of nitrogens with two attached hydrogens (primary N) is 1. The Morgan fingerprint density at radius 2 is 2.00 bits per heavy atom. The van der Waals surface area contributed by atoms with Gasteiger partial charge in [0.2, 0.25) is 0 Å². The Labute approximate surface area is 119 Å². The Morgan fingerprint density at radius 3 is 2.62 bits per heavy atom. The third-order valence-electron chi connectivity index (χ3n) is 2.99. The minimum absolute atomic E-state index is 0.212. The monoisotopic (exact) mass is 291 g/mol. The fourth-order valence-electron chi connectivity index (χ4n) is 1.99. The maximum atomic E-state index is 11.1. The van der Waals surface area contributed by atoms with E-state index in [9.17, 15) is 20.2 Å². The van der Waals surface area contributed by atoms with E-state index in [0.29, 0.717) is 24.4 Å². The number of hydrogen-bond donors (Lipinski definition) is 1. The number of rotatable bonds is 6. The summed E-state index contributed by atoms with van der Waals surface area (Å²) in [5, 5.41) is 21.8. The first-order valence-corrected chi connectivity index (χ1v) is 6.14. The molecule has 0 aliphatic heterocycles. The Morgan fingerprint density at radius 1 is 1.24 bits per heavy atom. The maximum absolute atomic E-state index is 11.1. The van der Waals surface area contributed by atoms with Crippen LogP contribution in [-0.2, 0) is 13.0 Å². The summed E-state index contributed by atoms with van der Waals surface area (Å²) in [6.07, 6.45) is 3.83. The average Bonchev–Trinajstić information content (AvgIpc) is 2.86. The summed E-state index contributed by atoms with van der Waals surface area (Å²) >= 11 is 0. The number of nitro groups is 2. The van der Waals surface area contributed by atoms with Crippen LogP contribution in [0.4, 0.5) is 11.4 Å². The van der Waals surface area contributed by atoms with Crippen LogP contribution in [0.25, 0.3) is 0 Å². The van der Waals surface area contributed by atoms with E-state index in [1.54, 1.807) is 17.0 Å². The second-order valence-corrected chi connectivity index (χ2v) is 4.34. The Hall–Kier alpha value is -2.81. The lowest BCUT2D eigenvalue weighted by Crippen LogP contribution is -2.11. The van der Waals surface area contributed by atoms with Crippen LogP contribution in [0, 0.1) is 20.2 Å². The van der Waals surface area contributed by atoms with E-state index < -0.39 is 9.85 Å². The molecule has 0 radical (unpaired) electrons. The average molecular weight is 291 g/mol. The van der Waals surface area contributed by atoms with Crippen LogP contribution in [0.2, 0.25) is 0 Å². The molecule has 0 saturated heterocycles. The molecule has 0 spiro atoms. The Kier molecular flexibility index (Phi) is 4.24. The predicted molar refractivity (Wildman–Crippen MR) is 73.8 cm³/mol. The SMILES string of the molecule is NCCc1nccn1Cc1ccc([N+](=O)[O-])cc1[N+](=O)[O-]. The lowest BCUT2D eigenvalue weighted by molar-refractivity contribution is -0.394. The molecule has 110 valence electrons. The van der Waals surface area contributed by atoms with Crippen LogP contribution in [0.1, 0.15) is 11.4 Å². The van der Waals surface area contributed by atoms with Gasteiger partial charge in [0, 0.05) is 24.9 Å². The van der Waals surface area contributed by atoms with Crippen molar-refractivity contribution in [2.75, 3.05) is 6.54 Å². The fourth-order valence-corrected chi connectivity index (χ4v) is 1.99. The molecule has 1 aromatic carbocycles. The first-order valence-electron chi connectivity index (χ1n) is 6.14. The van der Waals surface area contributed by atoms with Crippen molar-refractivity contribution < 1.29 is 9.85 Å². The van der Waals surface area contributed by atoms with Gasteiger partial charge in [-0.3, -0.25) is 20.2 Å². The molecule has 2 rings (SSSR count). The van der Waals surface area contributed by atoms with Crippen molar-refractivity contribution in [3.63, 3.8) is 0 Å². The lowest BCUT2D eigenvalue weighted by Gasteiger charge is -2.07. The van der Waals surface area contributed by atoms with Crippen molar-refractivity contribution in [2.24, 2.45) is 5.73 Å². The van der Waals surface area contributed by atoms with E-state index in [1.165, 1.54) is 12.1 Å². The first-order chi connectivity index (χ1) is 10.0. The van der Waals surface area contributed by atoms with Gasteiger partial charge in [-0.2, -0.15) is 0 Å². The molecule has 1 heterocycles. The van der Waals surface area contributed by atoms with Gasteiger partial charge in [-0.05, 0) is 12.6 Å². The van der Waals surface area contributed by atoms with E-state index in [-0.39, 0.29) is 17.9 Å². The van der Waals surface area contributed by atoms with Gasteiger partial charge in [0.25, 0.3) is 11.4 Å². The lowest BCUT2D eigenvalue weighted by atomic mass is 10.1. The highest BCUT2D eigenvalue weighted by atomic mass is 16.6. The minimum atomic E-state index is -0.659. The summed E-state index contributed by atoms with van der Waals surface area (Å²) in [6.45, 7) is 0.628. The summed E-state index contributed by atoms with van der Waals surface area (Å²) in [7, 11) is 0.